The van der Waals surface area contributed by atoms with Crippen LogP contribution in [0.4, 0.5) is 20.6 Å². The molecular weight excluding hydrogens is 515 g/mol. The van der Waals surface area contributed by atoms with Gasteiger partial charge in [0.15, 0.2) is 5.82 Å². The largest absolute Gasteiger partial charge is 0.496 e. The highest BCUT2D eigenvalue weighted by Gasteiger charge is 2.32. The minimum atomic E-state index is -0.554. The molecule has 208 valence electrons. The van der Waals surface area contributed by atoms with Crippen molar-refractivity contribution in [3.63, 3.8) is 0 Å². The van der Waals surface area contributed by atoms with Crippen LogP contribution in [0, 0.1) is 5.82 Å². The van der Waals surface area contributed by atoms with E-state index in [-0.39, 0.29) is 34.9 Å². The normalized spacial score (nSPS) is 14.8. The van der Waals surface area contributed by atoms with Crippen LogP contribution in [0.1, 0.15) is 16.9 Å². The number of carbonyl (C=O) groups is 2. The number of methoxy groups -OCH3 is 1. The zero-order valence-corrected chi connectivity index (χ0v) is 23.1. The number of amides is 3. The van der Waals surface area contributed by atoms with Crippen LogP contribution in [0.5, 0.6) is 5.75 Å². The quantitative estimate of drug-likeness (QED) is 0.394. The third-order valence-electron chi connectivity index (χ3n) is 7.17. The van der Waals surface area contributed by atoms with Crippen molar-refractivity contribution in [1.82, 2.24) is 29.5 Å². The van der Waals surface area contributed by atoms with Crippen molar-refractivity contribution in [2.24, 2.45) is 7.05 Å². The van der Waals surface area contributed by atoms with Crippen LogP contribution in [0.15, 0.2) is 48.8 Å². The molecule has 2 aromatic carbocycles. The second-order valence-electron chi connectivity index (χ2n) is 9.88. The van der Waals surface area contributed by atoms with Gasteiger partial charge in [-0.15, -0.1) is 0 Å². The van der Waals surface area contributed by atoms with Gasteiger partial charge in [0.05, 0.1) is 35.8 Å². The molecule has 0 bridgehead atoms. The average Bonchev–Trinajstić information content (AvgIpc) is 3.59. The van der Waals surface area contributed by atoms with Crippen molar-refractivity contribution in [1.29, 1.82) is 0 Å². The summed E-state index contributed by atoms with van der Waals surface area (Å²) in [4.78, 5) is 40.0. The summed E-state index contributed by atoms with van der Waals surface area (Å²) >= 11 is 0. The maximum absolute atomic E-state index is 14.7. The molecule has 0 spiro atoms. The van der Waals surface area contributed by atoms with Gasteiger partial charge in [-0.1, -0.05) is 6.07 Å². The molecule has 1 unspecified atom stereocenters. The third kappa shape index (κ3) is 4.88. The molecule has 3 amide bonds. The Balaban J connectivity index is 1.47. The van der Waals surface area contributed by atoms with E-state index in [9.17, 15) is 14.0 Å². The van der Waals surface area contributed by atoms with E-state index in [1.54, 1.807) is 35.9 Å². The predicted octanol–water partition coefficient (Wildman–Crippen LogP) is 3.62. The molecule has 1 saturated heterocycles. The van der Waals surface area contributed by atoms with Gasteiger partial charge in [0.25, 0.3) is 5.91 Å². The molecule has 1 atom stereocenters. The third-order valence-corrected chi connectivity index (χ3v) is 7.17. The number of likely N-dealkylation sites (N-methyl/N-ethyl adjacent to an activating group) is 1. The fourth-order valence-corrected chi connectivity index (χ4v) is 5.07. The summed E-state index contributed by atoms with van der Waals surface area (Å²) in [6, 6.07) is 9.61. The number of hydrogen-bond donors (Lipinski definition) is 1. The van der Waals surface area contributed by atoms with Crippen LogP contribution in [-0.4, -0.2) is 88.9 Å². The van der Waals surface area contributed by atoms with Gasteiger partial charge in [-0.3, -0.25) is 9.48 Å². The summed E-state index contributed by atoms with van der Waals surface area (Å²) in [5.74, 6) is -0.727. The number of ether oxygens (including phenoxy) is 1. The number of rotatable bonds is 6. The van der Waals surface area contributed by atoms with Crippen molar-refractivity contribution < 1.29 is 18.7 Å². The number of carbonyl (C=O) groups excluding carboxylic acids is 2. The molecule has 1 fully saturated rings. The smallest absolute Gasteiger partial charge is 0.319 e. The van der Waals surface area contributed by atoms with Crippen molar-refractivity contribution in [3.05, 3.63) is 60.3 Å². The fraction of sp³-hybridized carbons (Fsp3) is 0.321. The molecule has 2 aromatic heterocycles. The summed E-state index contributed by atoms with van der Waals surface area (Å²) in [5.41, 5.74) is 2.39. The molecule has 3 heterocycles. The number of fused-ring (bicyclic) bond motifs is 1. The molecule has 0 saturated carbocycles. The predicted molar refractivity (Wildman–Crippen MR) is 150 cm³/mol. The molecule has 1 N–H and O–H groups in total. The molecule has 0 radical (unpaired) electrons. The van der Waals surface area contributed by atoms with Crippen LogP contribution >= 0.6 is 0 Å². The highest BCUT2D eigenvalue weighted by molar-refractivity contribution is 6.09. The van der Waals surface area contributed by atoms with Gasteiger partial charge in [0, 0.05) is 58.9 Å². The SMILES string of the molecule is COc1cccc(F)c1-c1nccc(C(=O)Nc2ccc3c(cnn3C)c2N(C)C2CCN(C(=O)N(C)C)C2)n1. The van der Waals surface area contributed by atoms with Gasteiger partial charge in [0.2, 0.25) is 0 Å². The monoisotopic (exact) mass is 546 g/mol. The van der Waals surface area contributed by atoms with Gasteiger partial charge in [-0.2, -0.15) is 5.10 Å². The summed E-state index contributed by atoms with van der Waals surface area (Å²) in [6.07, 6.45) is 3.96. The Kier molecular flexibility index (Phi) is 7.24. The Labute approximate surface area is 231 Å². The summed E-state index contributed by atoms with van der Waals surface area (Å²) < 4.78 is 21.7. The van der Waals surface area contributed by atoms with Gasteiger partial charge in [-0.25, -0.2) is 19.2 Å². The maximum atomic E-state index is 14.7. The van der Waals surface area contributed by atoms with Crippen molar-refractivity contribution in [2.45, 2.75) is 12.5 Å². The second kappa shape index (κ2) is 10.8. The molecular formula is C28H31FN8O3. The lowest BCUT2D eigenvalue weighted by molar-refractivity contribution is 0.102. The number of anilines is 2. The van der Waals surface area contributed by atoms with Gasteiger partial charge >= 0.3 is 6.03 Å². The minimum Gasteiger partial charge on any atom is -0.496 e. The number of hydrogen-bond acceptors (Lipinski definition) is 7. The van der Waals surface area contributed by atoms with E-state index < -0.39 is 11.7 Å². The first-order valence-corrected chi connectivity index (χ1v) is 12.8. The van der Waals surface area contributed by atoms with E-state index in [1.807, 2.05) is 31.1 Å². The van der Waals surface area contributed by atoms with E-state index >= 15 is 0 Å². The number of likely N-dealkylation sites (tertiary alicyclic amines) is 1. The van der Waals surface area contributed by atoms with Crippen LogP contribution in [0.2, 0.25) is 0 Å². The van der Waals surface area contributed by atoms with E-state index in [4.69, 9.17) is 4.74 Å². The minimum absolute atomic E-state index is 0.0320. The van der Waals surface area contributed by atoms with Crippen molar-refractivity contribution >= 4 is 34.2 Å². The topological polar surface area (TPSA) is 109 Å². The van der Waals surface area contributed by atoms with Crippen molar-refractivity contribution in [2.75, 3.05) is 51.6 Å². The Morgan fingerprint density at radius 2 is 1.95 bits per heavy atom. The Bertz CT molecular complexity index is 1590. The summed E-state index contributed by atoms with van der Waals surface area (Å²) in [7, 11) is 8.73. The first kappa shape index (κ1) is 26.9. The second-order valence-corrected chi connectivity index (χ2v) is 9.88. The number of halogens is 1. The van der Waals surface area contributed by atoms with E-state index in [2.05, 4.69) is 25.3 Å². The lowest BCUT2D eigenvalue weighted by atomic mass is 10.1. The standard InChI is InChI=1S/C28H31FN8O3/c1-34(2)28(39)37-14-12-17(16-37)35(3)25-18-15-31-36(4)22(18)10-9-20(25)33-27(38)21-11-13-30-26(32-21)24-19(29)7-6-8-23(24)40-5/h6-11,13,15,17H,12,14,16H2,1-5H3,(H,33,38). The zero-order chi connectivity index (χ0) is 28.6. The molecule has 4 aromatic rings. The number of aromatic nitrogens is 4. The number of aryl methyl sites for hydroxylation is 1. The summed E-state index contributed by atoms with van der Waals surface area (Å²) in [6.45, 7) is 1.19. The number of nitrogens with one attached hydrogen (secondary N) is 1. The molecule has 0 aliphatic carbocycles. The fourth-order valence-electron chi connectivity index (χ4n) is 5.07. The summed E-state index contributed by atoms with van der Waals surface area (Å²) in [5, 5.41) is 8.26. The van der Waals surface area contributed by atoms with E-state index in [1.165, 1.54) is 31.5 Å². The highest BCUT2D eigenvalue weighted by atomic mass is 19.1. The Hall–Kier alpha value is -4.74. The maximum Gasteiger partial charge on any atom is 0.319 e. The molecule has 1 aliphatic heterocycles. The lowest BCUT2D eigenvalue weighted by Gasteiger charge is -2.30. The molecule has 40 heavy (non-hydrogen) atoms. The molecule has 11 nitrogen and oxygen atoms in total. The molecule has 1 aliphatic rings. The van der Waals surface area contributed by atoms with Crippen LogP contribution < -0.4 is 15.0 Å². The Morgan fingerprint density at radius 3 is 2.70 bits per heavy atom. The lowest BCUT2D eigenvalue weighted by Crippen LogP contribution is -2.41. The van der Waals surface area contributed by atoms with Gasteiger partial charge < -0.3 is 24.8 Å². The van der Waals surface area contributed by atoms with E-state index in [0.717, 1.165) is 23.0 Å². The number of benzene rings is 2. The number of nitrogens with zero attached hydrogens (tertiary/aromatic N) is 7. The molecule has 12 heteroatoms. The highest BCUT2D eigenvalue weighted by Crippen LogP contribution is 2.37. The van der Waals surface area contributed by atoms with Crippen LogP contribution in [0.25, 0.3) is 22.3 Å². The average molecular weight is 547 g/mol. The first-order valence-electron chi connectivity index (χ1n) is 12.8. The van der Waals surface area contributed by atoms with Gasteiger partial charge in [0.1, 0.15) is 17.3 Å². The Morgan fingerprint density at radius 1 is 1.15 bits per heavy atom. The number of urea groups is 1. The van der Waals surface area contributed by atoms with Gasteiger partial charge in [-0.05, 0) is 36.8 Å². The van der Waals surface area contributed by atoms with Crippen molar-refractivity contribution in [3.8, 4) is 17.1 Å². The van der Waals surface area contributed by atoms with Crippen LogP contribution in [-0.2, 0) is 7.05 Å². The zero-order valence-electron chi connectivity index (χ0n) is 23.1. The first-order chi connectivity index (χ1) is 19.2. The van der Waals surface area contributed by atoms with Crippen LogP contribution in [0.3, 0.4) is 0 Å². The molecule has 5 rings (SSSR count). The van der Waals surface area contributed by atoms with E-state index in [0.29, 0.717) is 18.8 Å².